The molecule has 6 nitrogen and oxygen atoms in total. The predicted molar refractivity (Wildman–Crippen MR) is 96.9 cm³/mol. The maximum Gasteiger partial charge on any atom is 0.340 e. The van der Waals surface area contributed by atoms with E-state index in [2.05, 4.69) is 4.99 Å². The van der Waals surface area contributed by atoms with Crippen molar-refractivity contribution in [2.75, 3.05) is 7.11 Å². The molecule has 1 aromatic carbocycles. The van der Waals surface area contributed by atoms with Gasteiger partial charge in [-0.1, -0.05) is 11.6 Å². The zero-order valence-corrected chi connectivity index (χ0v) is 16.2. The highest BCUT2D eigenvalue weighted by Crippen LogP contribution is 2.24. The summed E-state index contributed by atoms with van der Waals surface area (Å²) >= 11 is 7.08. The number of aromatic carboxylic acids is 1. The van der Waals surface area contributed by atoms with Gasteiger partial charge in [-0.3, -0.25) is 8.75 Å². The number of amides is 1. The molecule has 0 aliphatic carbocycles. The van der Waals surface area contributed by atoms with Crippen LogP contribution in [0.25, 0.3) is 0 Å². The van der Waals surface area contributed by atoms with Gasteiger partial charge in [-0.15, -0.1) is 0 Å². The number of methoxy groups -OCH3 is 1. The molecule has 0 unspecified atom stereocenters. The summed E-state index contributed by atoms with van der Waals surface area (Å²) in [4.78, 5) is 28.3. The maximum absolute atomic E-state index is 12.6. The highest BCUT2D eigenvalue weighted by Gasteiger charge is 2.24. The van der Waals surface area contributed by atoms with Crippen molar-refractivity contribution in [3.05, 3.63) is 44.7 Å². The quantitative estimate of drug-likeness (QED) is 0.877. The van der Waals surface area contributed by atoms with E-state index in [-0.39, 0.29) is 21.3 Å². The summed E-state index contributed by atoms with van der Waals surface area (Å²) in [6, 6.07) is 4.62. The van der Waals surface area contributed by atoms with Crippen LogP contribution in [0.2, 0.25) is 5.02 Å². The largest absolute Gasteiger partial charge is 0.496 e. The van der Waals surface area contributed by atoms with E-state index in [1.165, 1.54) is 13.2 Å². The second-order valence-corrected chi connectivity index (χ2v) is 7.76. The number of aromatic nitrogens is 1. The van der Waals surface area contributed by atoms with Crippen LogP contribution in [0.4, 0.5) is 0 Å². The molecule has 0 aliphatic heterocycles. The van der Waals surface area contributed by atoms with E-state index in [1.54, 1.807) is 19.1 Å². The average Bonchev–Trinajstić information content (AvgIpc) is 2.83. The number of carboxylic acid groups (broad SMARTS) is 1. The lowest BCUT2D eigenvalue weighted by Crippen LogP contribution is -2.21. The van der Waals surface area contributed by atoms with E-state index in [0.717, 1.165) is 11.5 Å². The first-order valence-electron chi connectivity index (χ1n) is 7.45. The number of benzene rings is 1. The molecule has 8 heteroatoms. The minimum absolute atomic E-state index is 0.0225. The van der Waals surface area contributed by atoms with E-state index in [0.29, 0.717) is 16.5 Å². The lowest BCUT2D eigenvalue weighted by atomic mass is 10.1. The Hall–Kier alpha value is -2.12. The van der Waals surface area contributed by atoms with Gasteiger partial charge < -0.3 is 9.84 Å². The van der Waals surface area contributed by atoms with Gasteiger partial charge in [-0.05, 0) is 57.4 Å². The number of hydrogen-bond donors (Lipinski definition) is 1. The van der Waals surface area contributed by atoms with E-state index < -0.39 is 11.9 Å². The molecule has 0 aliphatic rings. The Labute approximate surface area is 154 Å². The first-order valence-corrected chi connectivity index (χ1v) is 8.60. The SMILES string of the molecule is COc1ccc(Cl)cc1C(=O)N=c1sn(C(C)(C)C)c(C)c1C(=O)O. The molecular weight excluding hydrogens is 364 g/mol. The number of carbonyl (C=O) groups excluding carboxylic acids is 1. The molecule has 134 valence electrons. The molecule has 0 saturated carbocycles. The summed E-state index contributed by atoms with van der Waals surface area (Å²) < 4.78 is 7.14. The summed E-state index contributed by atoms with van der Waals surface area (Å²) in [5.74, 6) is -1.41. The van der Waals surface area contributed by atoms with Gasteiger partial charge in [-0.2, -0.15) is 4.99 Å². The van der Waals surface area contributed by atoms with Crippen molar-refractivity contribution in [1.29, 1.82) is 0 Å². The van der Waals surface area contributed by atoms with Crippen molar-refractivity contribution in [3.63, 3.8) is 0 Å². The van der Waals surface area contributed by atoms with Gasteiger partial charge in [-0.25, -0.2) is 4.79 Å². The van der Waals surface area contributed by atoms with Crippen molar-refractivity contribution >= 4 is 35.0 Å². The number of rotatable bonds is 3. The topological polar surface area (TPSA) is 80.9 Å². The minimum Gasteiger partial charge on any atom is -0.496 e. The van der Waals surface area contributed by atoms with Crippen LogP contribution in [-0.2, 0) is 5.54 Å². The molecule has 2 rings (SSSR count). The number of carboxylic acids is 1. The number of ether oxygens (including phenoxy) is 1. The molecule has 0 radical (unpaired) electrons. The third-order valence-corrected chi connectivity index (χ3v) is 5.18. The van der Waals surface area contributed by atoms with Gasteiger partial charge in [0.2, 0.25) is 0 Å². The summed E-state index contributed by atoms with van der Waals surface area (Å²) in [5, 5.41) is 9.90. The highest BCUT2D eigenvalue weighted by atomic mass is 35.5. The van der Waals surface area contributed by atoms with Crippen LogP contribution < -0.4 is 9.41 Å². The van der Waals surface area contributed by atoms with Crippen LogP contribution in [0.1, 0.15) is 47.2 Å². The first kappa shape index (κ1) is 19.2. The Morgan fingerprint density at radius 3 is 2.48 bits per heavy atom. The Morgan fingerprint density at radius 2 is 1.96 bits per heavy atom. The van der Waals surface area contributed by atoms with Crippen LogP contribution in [-0.4, -0.2) is 28.0 Å². The monoisotopic (exact) mass is 382 g/mol. The van der Waals surface area contributed by atoms with E-state index in [4.69, 9.17) is 16.3 Å². The number of halogens is 1. The molecule has 0 bridgehead atoms. The van der Waals surface area contributed by atoms with Crippen LogP contribution in [0.3, 0.4) is 0 Å². The summed E-state index contributed by atoms with van der Waals surface area (Å²) in [5.41, 5.74) is 0.423. The molecule has 0 atom stereocenters. The summed E-state index contributed by atoms with van der Waals surface area (Å²) in [6.07, 6.45) is 0. The van der Waals surface area contributed by atoms with Gasteiger partial charge >= 0.3 is 5.97 Å². The molecule has 1 heterocycles. The normalized spacial score (nSPS) is 12.3. The first-order chi connectivity index (χ1) is 11.6. The second-order valence-electron chi connectivity index (χ2n) is 6.39. The molecule has 1 amide bonds. The Morgan fingerprint density at radius 1 is 1.32 bits per heavy atom. The molecule has 0 fully saturated rings. The third kappa shape index (κ3) is 3.93. The molecule has 0 saturated heterocycles. The molecule has 2 aromatic rings. The Kier molecular flexibility index (Phi) is 5.39. The van der Waals surface area contributed by atoms with Crippen LogP contribution >= 0.6 is 23.1 Å². The standard InChI is InChI=1S/C17H19ClN2O4S/c1-9-13(16(22)23)15(25-20(9)17(2,3)4)19-14(21)11-8-10(18)6-7-12(11)24-5/h6-8H,1-5H3,(H,22,23). The van der Waals surface area contributed by atoms with Crippen molar-refractivity contribution < 1.29 is 19.4 Å². The summed E-state index contributed by atoms with van der Waals surface area (Å²) in [7, 11) is 1.44. The van der Waals surface area contributed by atoms with Crippen molar-refractivity contribution in [3.8, 4) is 5.75 Å². The lowest BCUT2D eigenvalue weighted by molar-refractivity contribution is 0.0694. The van der Waals surface area contributed by atoms with Crippen LogP contribution in [0, 0.1) is 6.92 Å². The minimum atomic E-state index is -1.12. The molecule has 1 N–H and O–H groups in total. The van der Waals surface area contributed by atoms with Crippen molar-refractivity contribution in [1.82, 2.24) is 3.96 Å². The Balaban J connectivity index is 2.68. The molecule has 0 spiro atoms. The van der Waals surface area contributed by atoms with E-state index in [1.807, 2.05) is 24.7 Å². The van der Waals surface area contributed by atoms with Gasteiger partial charge in [0.05, 0.1) is 12.7 Å². The fourth-order valence-corrected chi connectivity index (χ4v) is 3.72. The van der Waals surface area contributed by atoms with Crippen molar-refractivity contribution in [2.24, 2.45) is 4.99 Å². The fourth-order valence-electron chi connectivity index (χ4n) is 2.42. The smallest absolute Gasteiger partial charge is 0.340 e. The van der Waals surface area contributed by atoms with Gasteiger partial charge in [0, 0.05) is 16.3 Å². The number of carbonyl (C=O) groups is 2. The fraction of sp³-hybridized carbons (Fsp3) is 0.353. The van der Waals surface area contributed by atoms with Crippen LogP contribution in [0.15, 0.2) is 23.2 Å². The van der Waals surface area contributed by atoms with Crippen molar-refractivity contribution in [2.45, 2.75) is 33.2 Å². The zero-order valence-electron chi connectivity index (χ0n) is 14.6. The second kappa shape index (κ2) is 7.01. The van der Waals surface area contributed by atoms with Gasteiger partial charge in [0.1, 0.15) is 11.3 Å². The van der Waals surface area contributed by atoms with E-state index >= 15 is 0 Å². The number of hydrogen-bond acceptors (Lipinski definition) is 4. The highest BCUT2D eigenvalue weighted by molar-refractivity contribution is 7.04. The average molecular weight is 383 g/mol. The van der Waals surface area contributed by atoms with E-state index in [9.17, 15) is 14.7 Å². The van der Waals surface area contributed by atoms with Gasteiger partial charge in [0.25, 0.3) is 5.91 Å². The Bertz CT molecular complexity index is 906. The zero-order chi connectivity index (χ0) is 18.9. The lowest BCUT2D eigenvalue weighted by Gasteiger charge is -2.21. The van der Waals surface area contributed by atoms with Crippen LogP contribution in [0.5, 0.6) is 5.75 Å². The summed E-state index contributed by atoms with van der Waals surface area (Å²) in [6.45, 7) is 7.56. The van der Waals surface area contributed by atoms with Gasteiger partial charge in [0.15, 0.2) is 4.67 Å². The number of nitrogens with zero attached hydrogens (tertiary/aromatic N) is 2. The third-order valence-electron chi connectivity index (χ3n) is 3.48. The maximum atomic E-state index is 12.6. The molecular formula is C17H19ClN2O4S. The molecule has 25 heavy (non-hydrogen) atoms. The molecule has 1 aromatic heterocycles. The predicted octanol–water partition coefficient (Wildman–Crippen LogP) is 3.71.